The van der Waals surface area contributed by atoms with Gasteiger partial charge in [0.25, 0.3) is 0 Å². The van der Waals surface area contributed by atoms with Crippen LogP contribution in [0.1, 0.15) is 36.5 Å². The molecule has 16 heavy (non-hydrogen) atoms. The molecule has 2 rings (SSSR count). The van der Waals surface area contributed by atoms with E-state index >= 15 is 0 Å². The van der Waals surface area contributed by atoms with Gasteiger partial charge in [-0.2, -0.15) is 0 Å². The van der Waals surface area contributed by atoms with Crippen LogP contribution in [0.4, 0.5) is 5.69 Å². The number of ketones is 1. The minimum absolute atomic E-state index is 0.0862. The number of carbonyl (C=O) groups excluding carboxylic acids is 1. The maximum Gasteiger partial charge on any atom is 0.161 e. The van der Waals surface area contributed by atoms with Crippen LogP contribution in [0.3, 0.4) is 0 Å². The molecule has 0 unspecified atom stereocenters. The zero-order chi connectivity index (χ0) is 11.5. The van der Waals surface area contributed by atoms with E-state index < -0.39 is 0 Å². The van der Waals surface area contributed by atoms with Crippen molar-refractivity contribution in [1.29, 1.82) is 0 Å². The van der Waals surface area contributed by atoms with E-state index in [1.807, 2.05) is 18.2 Å². The first-order valence-electron chi connectivity index (χ1n) is 5.74. The molecule has 0 radical (unpaired) electrons. The lowest BCUT2D eigenvalue weighted by Gasteiger charge is -2.30. The molecule has 3 heteroatoms. The minimum atomic E-state index is 0.0862. The van der Waals surface area contributed by atoms with Gasteiger partial charge < -0.3 is 4.90 Å². The van der Waals surface area contributed by atoms with Gasteiger partial charge in [0, 0.05) is 18.7 Å². The van der Waals surface area contributed by atoms with E-state index in [0.717, 1.165) is 24.3 Å². The van der Waals surface area contributed by atoms with E-state index in [1.165, 1.54) is 19.3 Å². The molecule has 0 saturated carbocycles. The van der Waals surface area contributed by atoms with Crippen LogP contribution in [0.15, 0.2) is 18.2 Å². The van der Waals surface area contributed by atoms with Crippen LogP contribution in [-0.2, 0) is 0 Å². The summed E-state index contributed by atoms with van der Waals surface area (Å²) in [6.07, 6.45) is 3.64. The number of piperidine rings is 1. The highest BCUT2D eigenvalue weighted by molar-refractivity contribution is 6.34. The van der Waals surface area contributed by atoms with Crippen molar-refractivity contribution in [3.63, 3.8) is 0 Å². The molecule has 0 N–H and O–H groups in total. The fourth-order valence-corrected chi connectivity index (χ4v) is 2.53. The number of carbonyl (C=O) groups is 1. The Morgan fingerprint density at radius 3 is 2.56 bits per heavy atom. The summed E-state index contributed by atoms with van der Waals surface area (Å²) in [5.74, 6) is 0.0862. The smallest absolute Gasteiger partial charge is 0.161 e. The second kappa shape index (κ2) is 4.88. The van der Waals surface area contributed by atoms with Gasteiger partial charge in [0.05, 0.1) is 10.7 Å². The molecule has 0 atom stereocenters. The van der Waals surface area contributed by atoms with Crippen LogP contribution in [0.5, 0.6) is 0 Å². The topological polar surface area (TPSA) is 20.3 Å². The predicted octanol–water partition coefficient (Wildman–Crippen LogP) is 3.53. The maximum absolute atomic E-state index is 11.6. The van der Waals surface area contributed by atoms with Gasteiger partial charge in [0.2, 0.25) is 0 Å². The van der Waals surface area contributed by atoms with Crippen molar-refractivity contribution in [2.75, 3.05) is 18.0 Å². The first-order valence-corrected chi connectivity index (χ1v) is 6.12. The van der Waals surface area contributed by atoms with E-state index in [2.05, 4.69) is 4.90 Å². The molecule has 1 aromatic rings. The van der Waals surface area contributed by atoms with E-state index in [-0.39, 0.29) is 5.78 Å². The molecular formula is C13H16ClNO. The van der Waals surface area contributed by atoms with Crippen LogP contribution in [-0.4, -0.2) is 18.9 Å². The number of benzene rings is 1. The van der Waals surface area contributed by atoms with Crippen LogP contribution >= 0.6 is 11.6 Å². The second-order valence-electron chi connectivity index (χ2n) is 4.24. The quantitative estimate of drug-likeness (QED) is 0.734. The normalized spacial score (nSPS) is 16.2. The Morgan fingerprint density at radius 2 is 1.94 bits per heavy atom. The Hall–Kier alpha value is -1.02. The lowest BCUT2D eigenvalue weighted by atomic mass is 10.1. The zero-order valence-electron chi connectivity index (χ0n) is 9.50. The van der Waals surface area contributed by atoms with Crippen molar-refractivity contribution in [2.24, 2.45) is 0 Å². The third-order valence-corrected chi connectivity index (χ3v) is 3.34. The molecule has 0 amide bonds. The largest absolute Gasteiger partial charge is 0.370 e. The minimum Gasteiger partial charge on any atom is -0.370 e. The second-order valence-corrected chi connectivity index (χ2v) is 4.65. The van der Waals surface area contributed by atoms with Crippen molar-refractivity contribution in [3.05, 3.63) is 28.8 Å². The summed E-state index contributed by atoms with van der Waals surface area (Å²) in [5.41, 5.74) is 1.67. The summed E-state index contributed by atoms with van der Waals surface area (Å²) >= 11 is 6.21. The highest BCUT2D eigenvalue weighted by Crippen LogP contribution is 2.32. The number of halogens is 1. The highest BCUT2D eigenvalue weighted by Gasteiger charge is 2.18. The average molecular weight is 238 g/mol. The molecule has 0 aromatic heterocycles. The molecule has 2 nitrogen and oxygen atoms in total. The molecule has 1 aromatic carbocycles. The summed E-state index contributed by atoms with van der Waals surface area (Å²) in [6.45, 7) is 3.60. The molecule has 1 fully saturated rings. The maximum atomic E-state index is 11.6. The first-order chi connectivity index (χ1) is 7.70. The average Bonchev–Trinajstić information content (AvgIpc) is 2.29. The third-order valence-electron chi connectivity index (χ3n) is 3.04. The standard InChI is InChI=1S/C13H16ClNO/c1-10(16)11-6-5-7-12(14)13(11)15-8-3-2-4-9-15/h5-7H,2-4,8-9H2,1H3. The van der Waals surface area contributed by atoms with Crippen molar-refractivity contribution in [2.45, 2.75) is 26.2 Å². The number of nitrogens with zero attached hydrogens (tertiary/aromatic N) is 1. The van der Waals surface area contributed by atoms with Gasteiger partial charge >= 0.3 is 0 Å². The van der Waals surface area contributed by atoms with E-state index in [9.17, 15) is 4.79 Å². The summed E-state index contributed by atoms with van der Waals surface area (Å²) < 4.78 is 0. The van der Waals surface area contributed by atoms with Crippen molar-refractivity contribution in [3.8, 4) is 0 Å². The van der Waals surface area contributed by atoms with Gasteiger partial charge in [-0.25, -0.2) is 0 Å². The van der Waals surface area contributed by atoms with Crippen LogP contribution in [0.2, 0.25) is 5.02 Å². The van der Waals surface area contributed by atoms with Crippen LogP contribution < -0.4 is 4.90 Å². The first kappa shape index (κ1) is 11.5. The Bertz CT molecular complexity index is 397. The van der Waals surface area contributed by atoms with Gasteiger partial charge in [0.1, 0.15) is 0 Å². The van der Waals surface area contributed by atoms with E-state index in [1.54, 1.807) is 6.92 Å². The fourth-order valence-electron chi connectivity index (χ4n) is 2.24. The van der Waals surface area contributed by atoms with Gasteiger partial charge in [-0.05, 0) is 38.3 Å². The number of para-hydroxylation sites is 1. The van der Waals surface area contributed by atoms with Crippen molar-refractivity contribution < 1.29 is 4.79 Å². The summed E-state index contributed by atoms with van der Waals surface area (Å²) in [5, 5.41) is 0.689. The molecule has 1 saturated heterocycles. The van der Waals surface area contributed by atoms with E-state index in [0.29, 0.717) is 5.02 Å². The Morgan fingerprint density at radius 1 is 1.25 bits per heavy atom. The molecule has 1 heterocycles. The summed E-state index contributed by atoms with van der Waals surface area (Å²) in [6, 6.07) is 5.56. The predicted molar refractivity (Wildman–Crippen MR) is 67.5 cm³/mol. The number of hydrogen-bond acceptors (Lipinski definition) is 2. The Balaban J connectivity index is 2.40. The lowest BCUT2D eigenvalue weighted by molar-refractivity contribution is 0.101. The molecular weight excluding hydrogens is 222 g/mol. The Labute approximate surface area is 101 Å². The van der Waals surface area contributed by atoms with E-state index in [4.69, 9.17) is 11.6 Å². The number of Topliss-reactive ketones (excluding diaryl/α,β-unsaturated/α-hetero) is 1. The number of rotatable bonds is 2. The van der Waals surface area contributed by atoms with Crippen LogP contribution in [0, 0.1) is 0 Å². The Kier molecular flexibility index (Phi) is 3.49. The number of hydrogen-bond donors (Lipinski definition) is 0. The van der Waals surface area contributed by atoms with Gasteiger partial charge in [-0.3, -0.25) is 4.79 Å². The third kappa shape index (κ3) is 2.22. The molecule has 1 aliphatic rings. The molecule has 0 spiro atoms. The molecule has 0 aliphatic carbocycles. The molecule has 86 valence electrons. The van der Waals surface area contributed by atoms with Crippen molar-refractivity contribution >= 4 is 23.1 Å². The van der Waals surface area contributed by atoms with Crippen LogP contribution in [0.25, 0.3) is 0 Å². The molecule has 0 bridgehead atoms. The van der Waals surface area contributed by atoms with Gasteiger partial charge in [-0.1, -0.05) is 17.7 Å². The summed E-state index contributed by atoms with van der Waals surface area (Å²) in [7, 11) is 0. The van der Waals surface area contributed by atoms with Gasteiger partial charge in [-0.15, -0.1) is 0 Å². The number of anilines is 1. The monoisotopic (exact) mass is 237 g/mol. The SMILES string of the molecule is CC(=O)c1cccc(Cl)c1N1CCCCC1. The lowest BCUT2D eigenvalue weighted by Crippen LogP contribution is -2.30. The van der Waals surface area contributed by atoms with Gasteiger partial charge in [0.15, 0.2) is 5.78 Å². The fraction of sp³-hybridized carbons (Fsp3) is 0.462. The van der Waals surface area contributed by atoms with Crippen molar-refractivity contribution in [1.82, 2.24) is 0 Å². The zero-order valence-corrected chi connectivity index (χ0v) is 10.3. The highest BCUT2D eigenvalue weighted by atomic mass is 35.5. The molecule has 1 aliphatic heterocycles. The summed E-state index contributed by atoms with van der Waals surface area (Å²) in [4.78, 5) is 13.8.